The van der Waals surface area contributed by atoms with Crippen LogP contribution in [-0.4, -0.2) is 14.8 Å². The molecule has 68 valence electrons. The summed E-state index contributed by atoms with van der Waals surface area (Å²) in [5.41, 5.74) is 1.88. The first-order valence-electron chi connectivity index (χ1n) is 4.49. The van der Waals surface area contributed by atoms with E-state index in [2.05, 4.69) is 12.2 Å². The minimum atomic E-state index is 0.226. The standard InChI is InChI=1S/C10H11NO2/c1-11-9(12)7-5-2-3-6(4-5)8(7)10(11)13/h2-3,5-6,12-13H,4H2,1H3/t5-,6+. The number of aromatic nitrogens is 1. The molecule has 2 atom stereocenters. The minimum Gasteiger partial charge on any atom is -0.494 e. The largest absolute Gasteiger partial charge is 0.494 e. The van der Waals surface area contributed by atoms with Crippen molar-refractivity contribution in [1.29, 1.82) is 0 Å². The molecule has 0 unspecified atom stereocenters. The first-order valence-corrected chi connectivity index (χ1v) is 4.49. The molecule has 3 nitrogen and oxygen atoms in total. The predicted octanol–water partition coefficient (Wildman–Crippen LogP) is 1.58. The fourth-order valence-electron chi connectivity index (χ4n) is 2.56. The maximum Gasteiger partial charge on any atom is 0.197 e. The van der Waals surface area contributed by atoms with Crippen molar-refractivity contribution in [2.24, 2.45) is 7.05 Å². The van der Waals surface area contributed by atoms with Gasteiger partial charge < -0.3 is 10.2 Å². The van der Waals surface area contributed by atoms with Crippen LogP contribution >= 0.6 is 0 Å². The molecule has 1 heterocycles. The Morgan fingerprint density at radius 1 is 1.15 bits per heavy atom. The number of hydrogen-bond donors (Lipinski definition) is 2. The van der Waals surface area contributed by atoms with Crippen molar-refractivity contribution < 1.29 is 10.2 Å². The molecular weight excluding hydrogens is 166 g/mol. The third kappa shape index (κ3) is 0.622. The predicted molar refractivity (Wildman–Crippen MR) is 48.0 cm³/mol. The Kier molecular flexibility index (Phi) is 1.04. The zero-order valence-electron chi connectivity index (χ0n) is 7.36. The van der Waals surface area contributed by atoms with E-state index in [1.54, 1.807) is 7.05 Å². The summed E-state index contributed by atoms with van der Waals surface area (Å²) >= 11 is 0. The quantitative estimate of drug-likeness (QED) is 0.591. The molecule has 2 aliphatic carbocycles. The van der Waals surface area contributed by atoms with Crippen molar-refractivity contribution >= 4 is 0 Å². The van der Waals surface area contributed by atoms with E-state index >= 15 is 0 Å². The van der Waals surface area contributed by atoms with Crippen LogP contribution in [0.5, 0.6) is 11.8 Å². The highest BCUT2D eigenvalue weighted by molar-refractivity contribution is 5.58. The summed E-state index contributed by atoms with van der Waals surface area (Å²) < 4.78 is 1.46. The molecule has 2 N–H and O–H groups in total. The van der Waals surface area contributed by atoms with Crippen LogP contribution in [0.25, 0.3) is 0 Å². The maximum absolute atomic E-state index is 9.73. The number of allylic oxidation sites excluding steroid dienone is 2. The highest BCUT2D eigenvalue weighted by Gasteiger charge is 2.40. The minimum absolute atomic E-state index is 0.226. The van der Waals surface area contributed by atoms with E-state index in [-0.39, 0.29) is 11.8 Å². The number of aromatic hydroxyl groups is 2. The van der Waals surface area contributed by atoms with Gasteiger partial charge in [-0.3, -0.25) is 4.57 Å². The lowest BCUT2D eigenvalue weighted by atomic mass is 10.0. The molecule has 3 heteroatoms. The van der Waals surface area contributed by atoms with Gasteiger partial charge in [0.2, 0.25) is 0 Å². The summed E-state index contributed by atoms with van der Waals surface area (Å²) in [6.07, 6.45) is 5.25. The van der Waals surface area contributed by atoms with Crippen molar-refractivity contribution in [2.45, 2.75) is 18.3 Å². The Balaban J connectivity index is 2.34. The molecule has 0 fully saturated rings. The fourth-order valence-corrected chi connectivity index (χ4v) is 2.56. The second kappa shape index (κ2) is 1.92. The third-order valence-electron chi connectivity index (χ3n) is 3.23. The molecule has 0 spiro atoms. The fraction of sp³-hybridized carbons (Fsp3) is 0.400. The van der Waals surface area contributed by atoms with E-state index in [0.717, 1.165) is 17.5 Å². The molecule has 2 bridgehead atoms. The summed E-state index contributed by atoms with van der Waals surface area (Å²) in [6.45, 7) is 0. The van der Waals surface area contributed by atoms with E-state index in [0.29, 0.717) is 11.8 Å². The molecule has 2 aliphatic rings. The van der Waals surface area contributed by atoms with Crippen molar-refractivity contribution in [3.05, 3.63) is 23.3 Å². The Hall–Kier alpha value is -1.38. The molecule has 1 aromatic rings. The number of fused-ring (bicyclic) bond motifs is 5. The molecule has 0 aliphatic heterocycles. The summed E-state index contributed by atoms with van der Waals surface area (Å²) in [4.78, 5) is 0. The van der Waals surface area contributed by atoms with E-state index in [9.17, 15) is 10.2 Å². The van der Waals surface area contributed by atoms with Crippen LogP contribution in [0.15, 0.2) is 12.2 Å². The van der Waals surface area contributed by atoms with Crippen LogP contribution in [0.4, 0.5) is 0 Å². The van der Waals surface area contributed by atoms with Gasteiger partial charge in [-0.2, -0.15) is 0 Å². The first kappa shape index (κ1) is 7.06. The van der Waals surface area contributed by atoms with Gasteiger partial charge in [-0.25, -0.2) is 0 Å². The van der Waals surface area contributed by atoms with Crippen LogP contribution in [0.2, 0.25) is 0 Å². The number of rotatable bonds is 0. The topological polar surface area (TPSA) is 45.4 Å². The SMILES string of the molecule is Cn1c(O)c2c(c1O)[C@H]1C=C[C@@H]2C1. The highest BCUT2D eigenvalue weighted by Crippen LogP contribution is 2.55. The van der Waals surface area contributed by atoms with E-state index in [4.69, 9.17) is 0 Å². The van der Waals surface area contributed by atoms with E-state index in [1.165, 1.54) is 4.57 Å². The van der Waals surface area contributed by atoms with Gasteiger partial charge in [0.1, 0.15) is 0 Å². The van der Waals surface area contributed by atoms with Crippen molar-refractivity contribution in [2.75, 3.05) is 0 Å². The van der Waals surface area contributed by atoms with Gasteiger partial charge in [0, 0.05) is 30.0 Å². The van der Waals surface area contributed by atoms with Crippen molar-refractivity contribution in [3.8, 4) is 11.8 Å². The van der Waals surface area contributed by atoms with Crippen LogP contribution < -0.4 is 0 Å². The normalized spacial score (nSPS) is 28.4. The maximum atomic E-state index is 9.73. The summed E-state index contributed by atoms with van der Waals surface area (Å²) in [7, 11) is 1.68. The van der Waals surface area contributed by atoms with Crippen molar-refractivity contribution in [1.82, 2.24) is 4.57 Å². The van der Waals surface area contributed by atoms with Gasteiger partial charge in [-0.1, -0.05) is 12.2 Å². The summed E-state index contributed by atoms with van der Waals surface area (Å²) in [5, 5.41) is 19.5. The van der Waals surface area contributed by atoms with Crippen LogP contribution in [0.3, 0.4) is 0 Å². The van der Waals surface area contributed by atoms with Gasteiger partial charge in [0.25, 0.3) is 0 Å². The van der Waals surface area contributed by atoms with Crippen molar-refractivity contribution in [3.63, 3.8) is 0 Å². The van der Waals surface area contributed by atoms with E-state index < -0.39 is 0 Å². The molecular formula is C10H11NO2. The highest BCUT2D eigenvalue weighted by atomic mass is 16.3. The van der Waals surface area contributed by atoms with Gasteiger partial charge in [0.05, 0.1) is 0 Å². The lowest BCUT2D eigenvalue weighted by Crippen LogP contribution is -1.90. The monoisotopic (exact) mass is 177 g/mol. The Bertz CT molecular complexity index is 382. The molecule has 0 aromatic carbocycles. The molecule has 0 amide bonds. The van der Waals surface area contributed by atoms with Gasteiger partial charge in [-0.05, 0) is 6.42 Å². The van der Waals surface area contributed by atoms with Gasteiger partial charge >= 0.3 is 0 Å². The lowest BCUT2D eigenvalue weighted by Gasteiger charge is -2.03. The molecule has 0 radical (unpaired) electrons. The Labute approximate surface area is 75.9 Å². The van der Waals surface area contributed by atoms with Gasteiger partial charge in [0.15, 0.2) is 11.8 Å². The second-order valence-electron chi connectivity index (χ2n) is 3.87. The smallest absolute Gasteiger partial charge is 0.197 e. The first-order chi connectivity index (χ1) is 6.20. The van der Waals surface area contributed by atoms with Crippen LogP contribution in [0.1, 0.15) is 29.4 Å². The summed E-state index contributed by atoms with van der Waals surface area (Å²) in [5.74, 6) is 1.10. The third-order valence-corrected chi connectivity index (χ3v) is 3.23. The zero-order chi connectivity index (χ0) is 9.16. The lowest BCUT2D eigenvalue weighted by molar-refractivity contribution is 0.380. The number of nitrogens with zero attached hydrogens (tertiary/aromatic N) is 1. The zero-order valence-corrected chi connectivity index (χ0v) is 7.36. The van der Waals surface area contributed by atoms with Crippen LogP contribution in [-0.2, 0) is 7.05 Å². The molecule has 13 heavy (non-hydrogen) atoms. The molecule has 3 rings (SSSR count). The Morgan fingerprint density at radius 2 is 1.62 bits per heavy atom. The molecule has 1 aromatic heterocycles. The van der Waals surface area contributed by atoms with Crippen LogP contribution in [0, 0.1) is 0 Å². The average molecular weight is 177 g/mol. The Morgan fingerprint density at radius 3 is 2.08 bits per heavy atom. The van der Waals surface area contributed by atoms with E-state index in [1.807, 2.05) is 0 Å². The number of hydrogen-bond acceptors (Lipinski definition) is 2. The molecule has 0 saturated carbocycles. The second-order valence-corrected chi connectivity index (χ2v) is 3.87. The summed E-state index contributed by atoms with van der Waals surface area (Å²) in [6, 6.07) is 0. The average Bonchev–Trinajstić information content (AvgIpc) is 2.76. The van der Waals surface area contributed by atoms with Gasteiger partial charge in [-0.15, -0.1) is 0 Å². The molecule has 0 saturated heterocycles.